The van der Waals surface area contributed by atoms with Gasteiger partial charge in [0.2, 0.25) is 5.91 Å². The van der Waals surface area contributed by atoms with Crippen LogP contribution in [0.3, 0.4) is 0 Å². The summed E-state index contributed by atoms with van der Waals surface area (Å²) in [6.07, 6.45) is 3.57. The Bertz CT molecular complexity index is 638. The van der Waals surface area contributed by atoms with E-state index in [-0.39, 0.29) is 23.6 Å². The van der Waals surface area contributed by atoms with Crippen molar-refractivity contribution in [1.82, 2.24) is 9.78 Å². The van der Waals surface area contributed by atoms with Gasteiger partial charge < -0.3 is 15.2 Å². The third kappa shape index (κ3) is 3.82. The zero-order chi connectivity index (χ0) is 15.2. The third-order valence-corrected chi connectivity index (χ3v) is 2.86. The quantitative estimate of drug-likeness (QED) is 0.842. The predicted octanol–water partition coefficient (Wildman–Crippen LogP) is 1.62. The second-order valence-electron chi connectivity index (χ2n) is 4.28. The molecule has 110 valence electrons. The number of methoxy groups -OCH3 is 1. The largest absolute Gasteiger partial charge is 0.497 e. The standard InChI is InChI=1S/C14H15N3O4/c1-21-10-3-4-11(14(19)20)12(9-10)16-13(18)5-8-17-7-2-6-15-17/h2-4,6-7,9H,5,8H2,1H3,(H,16,18)(H,19,20). The van der Waals surface area contributed by atoms with E-state index in [0.29, 0.717) is 12.3 Å². The number of ether oxygens (including phenoxy) is 1. The van der Waals surface area contributed by atoms with Gasteiger partial charge in [0.05, 0.1) is 18.4 Å². The van der Waals surface area contributed by atoms with Crippen LogP contribution in [-0.2, 0) is 11.3 Å². The zero-order valence-electron chi connectivity index (χ0n) is 11.4. The Balaban J connectivity index is 2.06. The minimum atomic E-state index is -1.11. The second kappa shape index (κ2) is 6.56. The SMILES string of the molecule is COc1ccc(C(=O)O)c(NC(=O)CCn2cccn2)c1. The maximum absolute atomic E-state index is 11.9. The molecule has 0 aliphatic heterocycles. The van der Waals surface area contributed by atoms with E-state index < -0.39 is 5.97 Å². The van der Waals surface area contributed by atoms with Crippen molar-refractivity contribution in [2.75, 3.05) is 12.4 Å². The van der Waals surface area contributed by atoms with Crippen LogP contribution in [-0.4, -0.2) is 33.9 Å². The van der Waals surface area contributed by atoms with E-state index in [1.165, 1.54) is 25.3 Å². The van der Waals surface area contributed by atoms with Gasteiger partial charge in [-0.2, -0.15) is 5.10 Å². The highest BCUT2D eigenvalue weighted by Gasteiger charge is 2.13. The Labute approximate surface area is 121 Å². The smallest absolute Gasteiger partial charge is 0.337 e. The van der Waals surface area contributed by atoms with Gasteiger partial charge in [-0.15, -0.1) is 0 Å². The van der Waals surface area contributed by atoms with Gasteiger partial charge in [-0.3, -0.25) is 9.48 Å². The molecule has 0 bridgehead atoms. The Morgan fingerprint density at radius 2 is 2.24 bits per heavy atom. The van der Waals surface area contributed by atoms with Gasteiger partial charge in [0, 0.05) is 31.4 Å². The van der Waals surface area contributed by atoms with Gasteiger partial charge in [0.1, 0.15) is 5.75 Å². The number of benzene rings is 1. The van der Waals surface area contributed by atoms with E-state index in [4.69, 9.17) is 9.84 Å². The molecule has 0 saturated heterocycles. The molecule has 21 heavy (non-hydrogen) atoms. The molecule has 2 rings (SSSR count). The molecule has 0 fully saturated rings. The van der Waals surface area contributed by atoms with Crippen molar-refractivity contribution < 1.29 is 19.4 Å². The van der Waals surface area contributed by atoms with Crippen LogP contribution in [0.5, 0.6) is 5.75 Å². The molecule has 0 aliphatic rings. The van der Waals surface area contributed by atoms with Gasteiger partial charge >= 0.3 is 5.97 Å². The molecule has 0 aliphatic carbocycles. The fraction of sp³-hybridized carbons (Fsp3) is 0.214. The molecule has 2 N–H and O–H groups in total. The lowest BCUT2D eigenvalue weighted by molar-refractivity contribution is -0.116. The number of amides is 1. The first-order valence-electron chi connectivity index (χ1n) is 6.29. The predicted molar refractivity (Wildman–Crippen MR) is 75.4 cm³/mol. The van der Waals surface area contributed by atoms with E-state index in [0.717, 1.165) is 0 Å². The average Bonchev–Trinajstić information content (AvgIpc) is 2.98. The van der Waals surface area contributed by atoms with Crippen LogP contribution in [0.4, 0.5) is 5.69 Å². The van der Waals surface area contributed by atoms with Gasteiger partial charge in [0.25, 0.3) is 0 Å². The molecule has 0 saturated carbocycles. The molecule has 0 spiro atoms. The number of anilines is 1. The molecule has 2 aromatic rings. The number of aromatic nitrogens is 2. The lowest BCUT2D eigenvalue weighted by Crippen LogP contribution is -2.17. The molecule has 1 aromatic carbocycles. The molecule has 7 heteroatoms. The number of hydrogen-bond donors (Lipinski definition) is 2. The molecular formula is C14H15N3O4. The van der Waals surface area contributed by atoms with Crippen molar-refractivity contribution in [2.45, 2.75) is 13.0 Å². The molecule has 7 nitrogen and oxygen atoms in total. The van der Waals surface area contributed by atoms with Crippen molar-refractivity contribution in [3.05, 3.63) is 42.2 Å². The minimum absolute atomic E-state index is 0.0169. The number of aryl methyl sites for hydroxylation is 1. The highest BCUT2D eigenvalue weighted by atomic mass is 16.5. The van der Waals surface area contributed by atoms with Gasteiger partial charge in [0.15, 0.2) is 0 Å². The van der Waals surface area contributed by atoms with Crippen LogP contribution < -0.4 is 10.1 Å². The summed E-state index contributed by atoms with van der Waals surface area (Å²) < 4.78 is 6.66. The number of nitrogens with one attached hydrogen (secondary N) is 1. The van der Waals surface area contributed by atoms with Crippen LogP contribution >= 0.6 is 0 Å². The Morgan fingerprint density at radius 3 is 2.86 bits per heavy atom. The minimum Gasteiger partial charge on any atom is -0.497 e. The van der Waals surface area contributed by atoms with Crippen LogP contribution in [0.25, 0.3) is 0 Å². The van der Waals surface area contributed by atoms with E-state index in [2.05, 4.69) is 10.4 Å². The summed E-state index contributed by atoms with van der Waals surface area (Å²) in [6.45, 7) is 0.422. The normalized spacial score (nSPS) is 10.1. The molecular weight excluding hydrogens is 274 g/mol. The molecule has 0 atom stereocenters. The van der Waals surface area contributed by atoms with E-state index in [9.17, 15) is 9.59 Å². The summed E-state index contributed by atoms with van der Waals surface area (Å²) in [5, 5.41) is 15.7. The maximum Gasteiger partial charge on any atom is 0.337 e. The monoisotopic (exact) mass is 289 g/mol. The maximum atomic E-state index is 11.9. The lowest BCUT2D eigenvalue weighted by atomic mass is 10.1. The van der Waals surface area contributed by atoms with E-state index in [1.807, 2.05) is 0 Å². The first-order valence-corrected chi connectivity index (χ1v) is 6.29. The molecule has 1 amide bonds. The topological polar surface area (TPSA) is 93.5 Å². The number of carbonyl (C=O) groups excluding carboxylic acids is 1. The van der Waals surface area contributed by atoms with Crippen molar-refractivity contribution in [1.29, 1.82) is 0 Å². The molecule has 1 heterocycles. The second-order valence-corrected chi connectivity index (χ2v) is 4.28. The number of aromatic carboxylic acids is 1. The Morgan fingerprint density at radius 1 is 1.43 bits per heavy atom. The Hall–Kier alpha value is -2.83. The molecule has 1 aromatic heterocycles. The number of carboxylic acids is 1. The molecule has 0 unspecified atom stereocenters. The van der Waals surface area contributed by atoms with E-state index in [1.54, 1.807) is 23.1 Å². The summed E-state index contributed by atoms with van der Waals surface area (Å²) in [5.41, 5.74) is 0.232. The number of carbonyl (C=O) groups is 2. The fourth-order valence-corrected chi connectivity index (χ4v) is 1.80. The van der Waals surface area contributed by atoms with Gasteiger partial charge in [-0.05, 0) is 18.2 Å². The summed E-state index contributed by atoms with van der Waals surface area (Å²) in [4.78, 5) is 23.0. The van der Waals surface area contributed by atoms with Crippen LogP contribution in [0, 0.1) is 0 Å². The zero-order valence-corrected chi connectivity index (χ0v) is 11.4. The van der Waals surface area contributed by atoms with Crippen molar-refractivity contribution in [3.63, 3.8) is 0 Å². The van der Waals surface area contributed by atoms with Gasteiger partial charge in [-0.25, -0.2) is 4.79 Å². The van der Waals surface area contributed by atoms with Crippen LogP contribution in [0.15, 0.2) is 36.7 Å². The fourth-order valence-electron chi connectivity index (χ4n) is 1.80. The third-order valence-electron chi connectivity index (χ3n) is 2.86. The highest BCUT2D eigenvalue weighted by molar-refractivity contribution is 6.00. The highest BCUT2D eigenvalue weighted by Crippen LogP contribution is 2.22. The number of rotatable bonds is 6. The van der Waals surface area contributed by atoms with Gasteiger partial charge in [-0.1, -0.05) is 0 Å². The lowest BCUT2D eigenvalue weighted by Gasteiger charge is -2.10. The summed E-state index contributed by atoms with van der Waals surface area (Å²) in [5.74, 6) is -0.927. The van der Waals surface area contributed by atoms with Crippen LogP contribution in [0.1, 0.15) is 16.8 Å². The van der Waals surface area contributed by atoms with Crippen molar-refractivity contribution >= 4 is 17.6 Å². The first kappa shape index (κ1) is 14.6. The van der Waals surface area contributed by atoms with Crippen LogP contribution in [0.2, 0.25) is 0 Å². The number of nitrogens with zero attached hydrogens (tertiary/aromatic N) is 2. The molecule has 0 radical (unpaired) electrons. The summed E-state index contributed by atoms with van der Waals surface area (Å²) >= 11 is 0. The first-order chi connectivity index (χ1) is 10.1. The number of hydrogen-bond acceptors (Lipinski definition) is 4. The summed E-state index contributed by atoms with van der Waals surface area (Å²) in [6, 6.07) is 6.17. The van der Waals surface area contributed by atoms with Crippen molar-refractivity contribution in [3.8, 4) is 5.75 Å². The number of carboxylic acid groups (broad SMARTS) is 1. The Kier molecular flexibility index (Phi) is 4.55. The summed E-state index contributed by atoms with van der Waals surface area (Å²) in [7, 11) is 1.47. The average molecular weight is 289 g/mol. The van der Waals surface area contributed by atoms with E-state index >= 15 is 0 Å². The van der Waals surface area contributed by atoms with Crippen molar-refractivity contribution in [2.24, 2.45) is 0 Å².